The Morgan fingerprint density at radius 3 is 2.36 bits per heavy atom. The van der Waals surface area contributed by atoms with Crippen LogP contribution < -0.4 is 15.4 Å². The molecule has 1 unspecified atom stereocenters. The number of nitrogens with one attached hydrogen (secondary N) is 3. The van der Waals surface area contributed by atoms with Gasteiger partial charge in [-0.05, 0) is 36.6 Å². The van der Waals surface area contributed by atoms with Gasteiger partial charge in [-0.25, -0.2) is 4.79 Å². The number of ether oxygens (including phenoxy) is 1. The summed E-state index contributed by atoms with van der Waals surface area (Å²) in [7, 11) is 1.54. The van der Waals surface area contributed by atoms with E-state index in [1.807, 2.05) is 13.8 Å². The molecule has 0 radical (unpaired) electrons. The molecule has 1 aromatic carbocycles. The maximum atomic E-state index is 12.5. The first-order valence-corrected chi connectivity index (χ1v) is 8.88. The van der Waals surface area contributed by atoms with Crippen molar-refractivity contribution in [2.24, 2.45) is 5.92 Å². The Morgan fingerprint density at radius 1 is 1.11 bits per heavy atom. The molecule has 2 rings (SSSR count). The molecular weight excluding hydrogens is 366 g/mol. The zero-order valence-electron chi connectivity index (χ0n) is 16.0. The van der Waals surface area contributed by atoms with Crippen LogP contribution >= 0.6 is 0 Å². The Hall–Kier alpha value is -3.07. The second-order valence-electron chi connectivity index (χ2n) is 6.93. The maximum Gasteiger partial charge on any atom is 0.327 e. The summed E-state index contributed by atoms with van der Waals surface area (Å²) in [5, 5.41) is 24.5. The summed E-state index contributed by atoms with van der Waals surface area (Å²) >= 11 is 0. The fraction of sp³-hybridized carbons (Fsp3) is 0.421. The first-order valence-electron chi connectivity index (χ1n) is 8.88. The van der Waals surface area contributed by atoms with Crippen LogP contribution in [-0.2, 0) is 9.59 Å². The van der Waals surface area contributed by atoms with Crippen LogP contribution in [0.15, 0.2) is 24.3 Å². The number of amides is 1. The van der Waals surface area contributed by atoms with Gasteiger partial charge in [0.1, 0.15) is 23.5 Å². The van der Waals surface area contributed by atoms with Gasteiger partial charge >= 0.3 is 11.9 Å². The minimum Gasteiger partial charge on any atom is -0.497 e. The second-order valence-corrected chi connectivity index (χ2v) is 6.93. The normalized spacial score (nSPS) is 13.3. The largest absolute Gasteiger partial charge is 0.497 e. The van der Waals surface area contributed by atoms with E-state index >= 15 is 0 Å². The number of fused-ring (bicyclic) bond motifs is 1. The van der Waals surface area contributed by atoms with Crippen molar-refractivity contribution < 1.29 is 29.3 Å². The van der Waals surface area contributed by atoms with Crippen molar-refractivity contribution in [1.82, 2.24) is 15.6 Å². The van der Waals surface area contributed by atoms with E-state index in [2.05, 4.69) is 15.6 Å². The third kappa shape index (κ3) is 5.46. The van der Waals surface area contributed by atoms with Crippen LogP contribution in [0.4, 0.5) is 0 Å². The van der Waals surface area contributed by atoms with Gasteiger partial charge in [-0.3, -0.25) is 9.59 Å². The lowest BCUT2D eigenvalue weighted by atomic mass is 10.0. The molecule has 2 atom stereocenters. The lowest BCUT2D eigenvalue weighted by molar-refractivity contribution is -0.142. The molecule has 0 aliphatic rings. The molecule has 0 saturated heterocycles. The molecule has 9 nitrogen and oxygen atoms in total. The van der Waals surface area contributed by atoms with Crippen LogP contribution in [0.3, 0.4) is 0 Å². The number of hydrogen-bond donors (Lipinski definition) is 5. The summed E-state index contributed by atoms with van der Waals surface area (Å²) in [5.41, 5.74) is 0.908. The molecule has 1 aromatic heterocycles. The monoisotopic (exact) mass is 391 g/mol. The summed E-state index contributed by atoms with van der Waals surface area (Å²) in [4.78, 5) is 38.2. The van der Waals surface area contributed by atoms with E-state index in [-0.39, 0.29) is 18.2 Å². The highest BCUT2D eigenvalue weighted by molar-refractivity contribution is 5.99. The number of benzene rings is 1. The number of H-pyrrole nitrogens is 1. The summed E-state index contributed by atoms with van der Waals surface area (Å²) in [5.74, 6) is -2.16. The number of carboxylic acids is 2. The predicted molar refractivity (Wildman–Crippen MR) is 103 cm³/mol. The molecule has 152 valence electrons. The Morgan fingerprint density at radius 2 is 1.79 bits per heavy atom. The van der Waals surface area contributed by atoms with Gasteiger partial charge in [-0.1, -0.05) is 13.8 Å². The summed E-state index contributed by atoms with van der Waals surface area (Å²) < 4.78 is 5.14. The average Bonchev–Trinajstić information content (AvgIpc) is 3.06. The van der Waals surface area contributed by atoms with Gasteiger partial charge in [0.15, 0.2) is 0 Å². The predicted octanol–water partition coefficient (Wildman–Crippen LogP) is 1.45. The Balaban J connectivity index is 2.07. The second kappa shape index (κ2) is 9.23. The van der Waals surface area contributed by atoms with Crippen LogP contribution in [0, 0.1) is 5.92 Å². The fourth-order valence-corrected chi connectivity index (χ4v) is 2.80. The lowest BCUT2D eigenvalue weighted by Crippen LogP contribution is -2.51. The van der Waals surface area contributed by atoms with Gasteiger partial charge in [0.05, 0.1) is 7.11 Å². The molecule has 5 N–H and O–H groups in total. The maximum absolute atomic E-state index is 12.5. The summed E-state index contributed by atoms with van der Waals surface area (Å²) in [6, 6.07) is 4.68. The molecule has 0 aliphatic carbocycles. The van der Waals surface area contributed by atoms with Gasteiger partial charge in [0.25, 0.3) is 5.91 Å². The van der Waals surface area contributed by atoms with Crippen molar-refractivity contribution in [1.29, 1.82) is 0 Å². The number of aliphatic carboxylic acids is 2. The van der Waals surface area contributed by atoms with E-state index in [0.717, 1.165) is 5.39 Å². The van der Waals surface area contributed by atoms with Gasteiger partial charge in [-0.2, -0.15) is 0 Å². The van der Waals surface area contributed by atoms with Crippen molar-refractivity contribution in [3.8, 4) is 5.75 Å². The van der Waals surface area contributed by atoms with E-state index < -0.39 is 29.9 Å². The Bertz CT molecular complexity index is 860. The van der Waals surface area contributed by atoms with Gasteiger partial charge in [0, 0.05) is 17.4 Å². The third-order valence-electron chi connectivity index (χ3n) is 4.25. The van der Waals surface area contributed by atoms with Crippen molar-refractivity contribution >= 4 is 28.7 Å². The first kappa shape index (κ1) is 21.2. The molecule has 1 amide bonds. The molecule has 0 aliphatic heterocycles. The SMILES string of the molecule is COc1ccc2[nH]c(C(=O)NC(CN[C@@H](CC(C)C)C(=O)O)C(=O)O)cc2c1. The van der Waals surface area contributed by atoms with Crippen molar-refractivity contribution in [3.63, 3.8) is 0 Å². The minimum absolute atomic E-state index is 0.120. The number of hydrogen-bond acceptors (Lipinski definition) is 5. The summed E-state index contributed by atoms with van der Waals surface area (Å²) in [6.45, 7) is 3.54. The van der Waals surface area contributed by atoms with Crippen LogP contribution in [0.25, 0.3) is 10.9 Å². The number of methoxy groups -OCH3 is 1. The molecule has 9 heteroatoms. The number of carbonyl (C=O) groups excluding carboxylic acids is 1. The number of carboxylic acid groups (broad SMARTS) is 2. The minimum atomic E-state index is -1.28. The number of aromatic amines is 1. The van der Waals surface area contributed by atoms with Gasteiger partial charge in [0.2, 0.25) is 0 Å². The standard InChI is InChI=1S/C19H25N3O6/c1-10(2)6-15(18(24)25)20-9-16(19(26)27)22-17(23)14-8-11-7-12(28-3)4-5-13(11)21-14/h4-5,7-8,10,15-16,20-21H,6,9H2,1-3H3,(H,22,23)(H,24,25)(H,26,27)/t15-,16?/m0/s1. The van der Waals surface area contributed by atoms with E-state index in [1.165, 1.54) is 7.11 Å². The van der Waals surface area contributed by atoms with E-state index in [4.69, 9.17) is 4.74 Å². The van der Waals surface area contributed by atoms with E-state index in [9.17, 15) is 24.6 Å². The highest BCUT2D eigenvalue weighted by atomic mass is 16.5. The van der Waals surface area contributed by atoms with Crippen LogP contribution in [0.2, 0.25) is 0 Å². The first-order chi connectivity index (χ1) is 13.2. The molecule has 0 bridgehead atoms. The molecule has 1 heterocycles. The highest BCUT2D eigenvalue weighted by Crippen LogP contribution is 2.21. The van der Waals surface area contributed by atoms with E-state index in [1.54, 1.807) is 24.3 Å². The zero-order chi connectivity index (χ0) is 20.8. The molecule has 0 saturated carbocycles. The fourth-order valence-electron chi connectivity index (χ4n) is 2.80. The van der Waals surface area contributed by atoms with Crippen LogP contribution in [-0.4, -0.2) is 58.8 Å². The van der Waals surface area contributed by atoms with E-state index in [0.29, 0.717) is 17.7 Å². The molecule has 28 heavy (non-hydrogen) atoms. The topological polar surface area (TPSA) is 141 Å². The number of carbonyl (C=O) groups is 3. The zero-order valence-corrected chi connectivity index (χ0v) is 16.0. The quantitative estimate of drug-likeness (QED) is 0.413. The van der Waals surface area contributed by atoms with Crippen molar-refractivity contribution in [2.75, 3.05) is 13.7 Å². The number of rotatable bonds is 10. The molecule has 2 aromatic rings. The van der Waals surface area contributed by atoms with Gasteiger partial charge in [-0.15, -0.1) is 0 Å². The van der Waals surface area contributed by atoms with Crippen LogP contribution in [0.5, 0.6) is 5.75 Å². The third-order valence-corrected chi connectivity index (χ3v) is 4.25. The van der Waals surface area contributed by atoms with Crippen LogP contribution in [0.1, 0.15) is 30.8 Å². The number of aromatic nitrogens is 1. The average molecular weight is 391 g/mol. The highest BCUT2D eigenvalue weighted by Gasteiger charge is 2.25. The molecule has 0 fully saturated rings. The lowest BCUT2D eigenvalue weighted by Gasteiger charge is -2.20. The smallest absolute Gasteiger partial charge is 0.327 e. The Labute approximate surface area is 162 Å². The van der Waals surface area contributed by atoms with Gasteiger partial charge < -0.3 is 30.6 Å². The van der Waals surface area contributed by atoms with Crippen molar-refractivity contribution in [3.05, 3.63) is 30.0 Å². The van der Waals surface area contributed by atoms with Crippen molar-refractivity contribution in [2.45, 2.75) is 32.4 Å². The summed E-state index contributed by atoms with van der Waals surface area (Å²) in [6.07, 6.45) is 0.347. The molecular formula is C19H25N3O6. The molecule has 0 spiro atoms. The Kier molecular flexibility index (Phi) is 7.00.